The number of rotatable bonds is 4. The third-order valence-electron chi connectivity index (χ3n) is 2.78. The first-order valence-electron chi connectivity index (χ1n) is 5.88. The molecule has 0 aromatic carbocycles. The van der Waals surface area contributed by atoms with Crippen molar-refractivity contribution in [3.05, 3.63) is 36.7 Å². The standard InChI is InChI=1S/C13H16N2O3/c1-2-8-18-11-4-3-6-14-12(11)13(17)15-7-5-10(16)9-15/h2-4,6,10,16H,1,5,7-9H2/t10-/m0/s1. The van der Waals surface area contributed by atoms with Crippen LogP contribution < -0.4 is 4.74 Å². The number of carbonyl (C=O) groups excluding carboxylic acids is 1. The molecule has 18 heavy (non-hydrogen) atoms. The Balaban J connectivity index is 2.16. The molecule has 1 atom stereocenters. The van der Waals surface area contributed by atoms with E-state index in [-0.39, 0.29) is 11.6 Å². The fourth-order valence-corrected chi connectivity index (χ4v) is 1.89. The Labute approximate surface area is 106 Å². The van der Waals surface area contributed by atoms with Crippen LogP contribution in [0, 0.1) is 0 Å². The quantitative estimate of drug-likeness (QED) is 0.802. The number of pyridine rings is 1. The van der Waals surface area contributed by atoms with Gasteiger partial charge in [-0.1, -0.05) is 12.7 Å². The molecule has 0 bridgehead atoms. The molecule has 5 heteroatoms. The molecule has 0 aliphatic carbocycles. The van der Waals surface area contributed by atoms with Gasteiger partial charge in [-0.2, -0.15) is 0 Å². The number of hydrogen-bond acceptors (Lipinski definition) is 4. The number of ether oxygens (including phenoxy) is 1. The normalized spacial score (nSPS) is 18.7. The molecule has 0 radical (unpaired) electrons. The summed E-state index contributed by atoms with van der Waals surface area (Å²) in [6.45, 7) is 4.80. The third-order valence-corrected chi connectivity index (χ3v) is 2.78. The molecule has 1 aromatic heterocycles. The lowest BCUT2D eigenvalue weighted by atomic mass is 10.3. The second-order valence-electron chi connectivity index (χ2n) is 4.14. The SMILES string of the molecule is C=CCOc1cccnc1C(=O)N1CC[C@H](O)C1. The number of nitrogens with zero attached hydrogens (tertiary/aromatic N) is 2. The Hall–Kier alpha value is -1.88. The van der Waals surface area contributed by atoms with Gasteiger partial charge in [-0.15, -0.1) is 0 Å². The first kappa shape index (κ1) is 12.6. The largest absolute Gasteiger partial charge is 0.487 e. The van der Waals surface area contributed by atoms with Crippen LogP contribution in [0.4, 0.5) is 0 Å². The van der Waals surface area contributed by atoms with Crippen molar-refractivity contribution in [1.82, 2.24) is 9.88 Å². The predicted octanol–water partition coefficient (Wildman–Crippen LogP) is 0.853. The molecule has 1 fully saturated rings. The van der Waals surface area contributed by atoms with Crippen LogP contribution in [-0.2, 0) is 0 Å². The number of hydrogen-bond donors (Lipinski definition) is 1. The highest BCUT2D eigenvalue weighted by Crippen LogP contribution is 2.20. The zero-order valence-electron chi connectivity index (χ0n) is 10.1. The molecular weight excluding hydrogens is 232 g/mol. The van der Waals surface area contributed by atoms with Crippen LogP contribution in [-0.4, -0.2) is 46.7 Å². The lowest BCUT2D eigenvalue weighted by Crippen LogP contribution is -2.30. The van der Waals surface area contributed by atoms with Crippen molar-refractivity contribution in [2.24, 2.45) is 0 Å². The maximum absolute atomic E-state index is 12.2. The van der Waals surface area contributed by atoms with E-state index in [0.29, 0.717) is 31.9 Å². The average Bonchev–Trinajstić information content (AvgIpc) is 2.82. The minimum atomic E-state index is -0.435. The van der Waals surface area contributed by atoms with Crippen LogP contribution >= 0.6 is 0 Å². The summed E-state index contributed by atoms with van der Waals surface area (Å²) in [6.07, 6.45) is 3.35. The fourth-order valence-electron chi connectivity index (χ4n) is 1.89. The molecule has 0 saturated carbocycles. The molecule has 0 spiro atoms. The van der Waals surface area contributed by atoms with Crippen molar-refractivity contribution >= 4 is 5.91 Å². The Morgan fingerprint density at radius 2 is 2.56 bits per heavy atom. The molecule has 1 N–H and O–H groups in total. The van der Waals surface area contributed by atoms with Crippen LogP contribution in [0.1, 0.15) is 16.9 Å². The van der Waals surface area contributed by atoms with E-state index in [0.717, 1.165) is 0 Å². The highest BCUT2D eigenvalue weighted by molar-refractivity contribution is 5.95. The summed E-state index contributed by atoms with van der Waals surface area (Å²) >= 11 is 0. The molecule has 5 nitrogen and oxygen atoms in total. The Morgan fingerprint density at radius 3 is 3.22 bits per heavy atom. The third kappa shape index (κ3) is 2.68. The molecule has 1 amide bonds. The van der Waals surface area contributed by atoms with E-state index in [9.17, 15) is 9.90 Å². The molecule has 1 aliphatic rings. The Kier molecular flexibility index (Phi) is 3.94. The second-order valence-corrected chi connectivity index (χ2v) is 4.14. The van der Waals surface area contributed by atoms with Crippen LogP contribution in [0.2, 0.25) is 0 Å². The average molecular weight is 248 g/mol. The number of amides is 1. The van der Waals surface area contributed by atoms with Gasteiger partial charge in [0.15, 0.2) is 11.4 Å². The monoisotopic (exact) mass is 248 g/mol. The number of aliphatic hydroxyl groups excluding tert-OH is 1. The number of β-amino-alcohol motifs (C(OH)–C–C–N with tert-alkyl or cyclic N) is 1. The molecule has 1 saturated heterocycles. The highest BCUT2D eigenvalue weighted by atomic mass is 16.5. The Bertz CT molecular complexity index is 448. The first-order valence-corrected chi connectivity index (χ1v) is 5.88. The van der Waals surface area contributed by atoms with Gasteiger partial charge in [-0.05, 0) is 18.6 Å². The van der Waals surface area contributed by atoms with Crippen molar-refractivity contribution in [2.75, 3.05) is 19.7 Å². The van der Waals surface area contributed by atoms with Crippen molar-refractivity contribution in [3.63, 3.8) is 0 Å². The molecule has 0 unspecified atom stereocenters. The molecule has 1 aliphatic heterocycles. The van der Waals surface area contributed by atoms with E-state index in [2.05, 4.69) is 11.6 Å². The summed E-state index contributed by atoms with van der Waals surface area (Å²) in [5, 5.41) is 9.45. The van der Waals surface area contributed by atoms with Crippen molar-refractivity contribution < 1.29 is 14.6 Å². The number of carbonyl (C=O) groups is 1. The highest BCUT2D eigenvalue weighted by Gasteiger charge is 2.27. The van der Waals surface area contributed by atoms with Gasteiger partial charge in [0.05, 0.1) is 6.10 Å². The smallest absolute Gasteiger partial charge is 0.276 e. The van der Waals surface area contributed by atoms with E-state index in [4.69, 9.17) is 4.74 Å². The minimum Gasteiger partial charge on any atom is -0.487 e. The van der Waals surface area contributed by atoms with E-state index in [1.54, 1.807) is 29.3 Å². The van der Waals surface area contributed by atoms with Crippen molar-refractivity contribution in [3.8, 4) is 5.75 Å². The number of aromatic nitrogens is 1. The van der Waals surface area contributed by atoms with E-state index in [1.807, 2.05) is 0 Å². The summed E-state index contributed by atoms with van der Waals surface area (Å²) in [7, 11) is 0. The molecule has 2 rings (SSSR count). The summed E-state index contributed by atoms with van der Waals surface area (Å²) in [5.41, 5.74) is 0.286. The van der Waals surface area contributed by atoms with Crippen molar-refractivity contribution in [1.29, 1.82) is 0 Å². The maximum Gasteiger partial charge on any atom is 0.276 e. The summed E-state index contributed by atoms with van der Waals surface area (Å²) in [4.78, 5) is 17.9. The van der Waals surface area contributed by atoms with E-state index in [1.165, 1.54) is 0 Å². The van der Waals surface area contributed by atoms with Gasteiger partial charge in [0, 0.05) is 19.3 Å². The van der Waals surface area contributed by atoms with E-state index < -0.39 is 6.10 Å². The maximum atomic E-state index is 12.2. The molecule has 1 aromatic rings. The predicted molar refractivity (Wildman–Crippen MR) is 66.5 cm³/mol. The van der Waals surface area contributed by atoms with Gasteiger partial charge in [0.1, 0.15) is 6.61 Å². The lowest BCUT2D eigenvalue weighted by Gasteiger charge is -2.16. The van der Waals surface area contributed by atoms with Crippen LogP contribution in [0.3, 0.4) is 0 Å². The molecule has 96 valence electrons. The van der Waals surface area contributed by atoms with Crippen LogP contribution in [0.25, 0.3) is 0 Å². The van der Waals surface area contributed by atoms with Gasteiger partial charge in [0.25, 0.3) is 5.91 Å². The summed E-state index contributed by atoms with van der Waals surface area (Å²) in [5.74, 6) is 0.245. The van der Waals surface area contributed by atoms with Gasteiger partial charge in [-0.25, -0.2) is 4.98 Å². The summed E-state index contributed by atoms with van der Waals surface area (Å²) < 4.78 is 5.40. The second kappa shape index (κ2) is 5.64. The minimum absolute atomic E-state index is 0.203. The first-order chi connectivity index (χ1) is 8.72. The topological polar surface area (TPSA) is 62.7 Å². The van der Waals surface area contributed by atoms with Gasteiger partial charge in [0.2, 0.25) is 0 Å². The van der Waals surface area contributed by atoms with Crippen LogP contribution in [0.5, 0.6) is 5.75 Å². The van der Waals surface area contributed by atoms with Gasteiger partial charge >= 0.3 is 0 Å². The number of aliphatic hydroxyl groups is 1. The molecular formula is C13H16N2O3. The summed E-state index contributed by atoms with van der Waals surface area (Å²) in [6, 6.07) is 3.42. The Morgan fingerprint density at radius 1 is 1.72 bits per heavy atom. The van der Waals surface area contributed by atoms with Gasteiger partial charge < -0.3 is 14.7 Å². The fraction of sp³-hybridized carbons (Fsp3) is 0.385. The molecule has 2 heterocycles. The van der Waals surface area contributed by atoms with Gasteiger partial charge in [-0.3, -0.25) is 4.79 Å². The number of likely N-dealkylation sites (tertiary alicyclic amines) is 1. The zero-order chi connectivity index (χ0) is 13.0. The van der Waals surface area contributed by atoms with Crippen LogP contribution in [0.15, 0.2) is 31.0 Å². The van der Waals surface area contributed by atoms with Crippen molar-refractivity contribution in [2.45, 2.75) is 12.5 Å². The lowest BCUT2D eigenvalue weighted by molar-refractivity contribution is 0.0755. The zero-order valence-corrected chi connectivity index (χ0v) is 10.1. The van der Waals surface area contributed by atoms with E-state index >= 15 is 0 Å².